The van der Waals surface area contributed by atoms with Crippen LogP contribution in [-0.2, 0) is 5.75 Å². The van der Waals surface area contributed by atoms with Crippen LogP contribution in [0.2, 0.25) is 0 Å². The summed E-state index contributed by atoms with van der Waals surface area (Å²) in [6.45, 7) is 6.25. The molecule has 20 heavy (non-hydrogen) atoms. The fourth-order valence-corrected chi connectivity index (χ4v) is 2.56. The van der Waals surface area contributed by atoms with E-state index in [9.17, 15) is 0 Å². The molecule has 0 aliphatic carbocycles. The predicted octanol–water partition coefficient (Wildman–Crippen LogP) is 3.77. The smallest absolute Gasteiger partial charge is 0.229 e. The summed E-state index contributed by atoms with van der Waals surface area (Å²) in [5.74, 6) is 2.47. The lowest BCUT2D eigenvalue weighted by Gasteiger charge is -2.11. The Labute approximate surface area is 124 Å². The van der Waals surface area contributed by atoms with E-state index in [1.807, 2.05) is 20.9 Å². The van der Waals surface area contributed by atoms with Gasteiger partial charge in [0.1, 0.15) is 0 Å². The van der Waals surface area contributed by atoms with Gasteiger partial charge in [0.05, 0.1) is 5.75 Å². The number of hydrogen-bond donors (Lipinski definition) is 1. The van der Waals surface area contributed by atoms with Crippen LogP contribution in [0.15, 0.2) is 33.7 Å². The minimum absolute atomic E-state index is 0.279. The van der Waals surface area contributed by atoms with Crippen molar-refractivity contribution in [3.63, 3.8) is 0 Å². The first-order valence-corrected chi connectivity index (χ1v) is 7.81. The van der Waals surface area contributed by atoms with Crippen LogP contribution in [0.4, 0.5) is 0 Å². The normalized spacial score (nSPS) is 12.8. The average Bonchev–Trinajstić information content (AvgIpc) is 2.93. The number of thioether (sulfide) groups is 1. The SMILES string of the molecule is CNC(C)c1cccc(SCc2noc(C(C)C)n2)c1. The van der Waals surface area contributed by atoms with Gasteiger partial charge in [0.2, 0.25) is 5.89 Å². The molecule has 0 saturated carbocycles. The van der Waals surface area contributed by atoms with Crippen LogP contribution in [0, 0.1) is 0 Å². The topological polar surface area (TPSA) is 51.0 Å². The third-order valence-corrected chi connectivity index (χ3v) is 4.13. The number of nitrogens with one attached hydrogen (secondary N) is 1. The maximum atomic E-state index is 5.21. The number of rotatable bonds is 6. The zero-order chi connectivity index (χ0) is 14.5. The lowest BCUT2D eigenvalue weighted by atomic mass is 10.1. The van der Waals surface area contributed by atoms with Crippen LogP contribution < -0.4 is 5.32 Å². The van der Waals surface area contributed by atoms with Gasteiger partial charge in [-0.3, -0.25) is 0 Å². The maximum absolute atomic E-state index is 5.21. The molecule has 1 heterocycles. The Balaban J connectivity index is 1.99. The highest BCUT2D eigenvalue weighted by atomic mass is 32.2. The van der Waals surface area contributed by atoms with Crippen LogP contribution in [0.25, 0.3) is 0 Å². The van der Waals surface area contributed by atoms with Gasteiger partial charge < -0.3 is 9.84 Å². The largest absolute Gasteiger partial charge is 0.339 e. The molecule has 5 heteroatoms. The Morgan fingerprint density at radius 1 is 1.30 bits per heavy atom. The number of aromatic nitrogens is 2. The molecule has 108 valence electrons. The Kier molecular flexibility index (Phi) is 5.20. The van der Waals surface area contributed by atoms with Crippen molar-refractivity contribution in [2.24, 2.45) is 0 Å². The number of hydrogen-bond acceptors (Lipinski definition) is 5. The monoisotopic (exact) mass is 291 g/mol. The van der Waals surface area contributed by atoms with Gasteiger partial charge in [-0.05, 0) is 31.7 Å². The maximum Gasteiger partial charge on any atom is 0.229 e. The van der Waals surface area contributed by atoms with Crippen LogP contribution in [0.1, 0.15) is 50.0 Å². The molecule has 0 aliphatic heterocycles. The summed E-state index contributed by atoms with van der Waals surface area (Å²) in [5.41, 5.74) is 1.29. The predicted molar refractivity (Wildman–Crippen MR) is 81.9 cm³/mol. The summed E-state index contributed by atoms with van der Waals surface area (Å²) in [6, 6.07) is 8.89. The van der Waals surface area contributed by atoms with Crippen molar-refractivity contribution in [2.45, 2.75) is 43.4 Å². The molecule has 1 aromatic heterocycles. The summed E-state index contributed by atoms with van der Waals surface area (Å²) in [6.07, 6.45) is 0. The Morgan fingerprint density at radius 3 is 2.75 bits per heavy atom. The van der Waals surface area contributed by atoms with E-state index in [1.165, 1.54) is 10.5 Å². The van der Waals surface area contributed by atoms with Gasteiger partial charge in [-0.15, -0.1) is 11.8 Å². The van der Waals surface area contributed by atoms with E-state index in [0.717, 1.165) is 11.6 Å². The van der Waals surface area contributed by atoms with E-state index in [2.05, 4.69) is 46.6 Å². The van der Waals surface area contributed by atoms with Crippen molar-refractivity contribution in [1.82, 2.24) is 15.5 Å². The standard InChI is InChI=1S/C15H21N3OS/c1-10(2)15-17-14(18-19-15)9-20-13-7-5-6-12(8-13)11(3)16-4/h5-8,10-11,16H,9H2,1-4H3. The lowest BCUT2D eigenvalue weighted by molar-refractivity contribution is 0.362. The summed E-state index contributed by atoms with van der Waals surface area (Å²) < 4.78 is 5.21. The lowest BCUT2D eigenvalue weighted by Crippen LogP contribution is -2.11. The molecule has 0 amide bonds. The fraction of sp³-hybridized carbons (Fsp3) is 0.467. The van der Waals surface area contributed by atoms with Gasteiger partial charge in [0, 0.05) is 16.9 Å². The molecule has 4 nitrogen and oxygen atoms in total. The van der Waals surface area contributed by atoms with E-state index in [0.29, 0.717) is 11.9 Å². The van der Waals surface area contributed by atoms with Gasteiger partial charge in [-0.2, -0.15) is 4.98 Å². The van der Waals surface area contributed by atoms with Gasteiger partial charge in [0.25, 0.3) is 0 Å². The first kappa shape index (κ1) is 15.1. The summed E-state index contributed by atoms with van der Waals surface area (Å²) in [4.78, 5) is 5.61. The molecule has 0 saturated heterocycles. The average molecular weight is 291 g/mol. The minimum Gasteiger partial charge on any atom is -0.339 e. The molecule has 0 bridgehead atoms. The zero-order valence-corrected chi connectivity index (χ0v) is 13.2. The third kappa shape index (κ3) is 3.84. The van der Waals surface area contributed by atoms with E-state index >= 15 is 0 Å². The summed E-state index contributed by atoms with van der Waals surface area (Å²) in [7, 11) is 1.97. The quantitative estimate of drug-likeness (QED) is 0.821. The van der Waals surface area contributed by atoms with Crippen molar-refractivity contribution < 1.29 is 4.52 Å². The van der Waals surface area contributed by atoms with E-state index in [-0.39, 0.29) is 5.92 Å². The Bertz CT molecular complexity index is 554. The van der Waals surface area contributed by atoms with Crippen molar-refractivity contribution in [3.05, 3.63) is 41.5 Å². The highest BCUT2D eigenvalue weighted by Gasteiger charge is 2.10. The van der Waals surface area contributed by atoms with E-state index < -0.39 is 0 Å². The van der Waals surface area contributed by atoms with Gasteiger partial charge in [-0.25, -0.2) is 0 Å². The van der Waals surface area contributed by atoms with E-state index in [1.54, 1.807) is 11.8 Å². The van der Waals surface area contributed by atoms with Crippen molar-refractivity contribution in [1.29, 1.82) is 0 Å². The highest BCUT2D eigenvalue weighted by molar-refractivity contribution is 7.98. The molecular formula is C15H21N3OS. The molecule has 1 N–H and O–H groups in total. The first-order chi connectivity index (χ1) is 9.60. The second-order valence-corrected chi connectivity index (χ2v) is 6.12. The molecule has 0 aliphatic rings. The molecule has 2 aromatic rings. The Hall–Kier alpha value is -1.33. The minimum atomic E-state index is 0.279. The van der Waals surface area contributed by atoms with Crippen molar-refractivity contribution >= 4 is 11.8 Å². The van der Waals surface area contributed by atoms with Crippen molar-refractivity contribution in [3.8, 4) is 0 Å². The molecule has 2 rings (SSSR count). The van der Waals surface area contributed by atoms with E-state index in [4.69, 9.17) is 4.52 Å². The Morgan fingerprint density at radius 2 is 2.10 bits per heavy atom. The summed E-state index contributed by atoms with van der Waals surface area (Å²) in [5, 5.41) is 7.26. The van der Waals surface area contributed by atoms with Crippen LogP contribution >= 0.6 is 11.8 Å². The van der Waals surface area contributed by atoms with Crippen LogP contribution in [0.5, 0.6) is 0 Å². The second kappa shape index (κ2) is 6.90. The van der Waals surface area contributed by atoms with Gasteiger partial charge in [0.15, 0.2) is 5.82 Å². The number of benzene rings is 1. The number of nitrogens with zero attached hydrogens (tertiary/aromatic N) is 2. The van der Waals surface area contributed by atoms with Gasteiger partial charge in [-0.1, -0.05) is 31.1 Å². The molecule has 0 fully saturated rings. The van der Waals surface area contributed by atoms with Gasteiger partial charge >= 0.3 is 0 Å². The van der Waals surface area contributed by atoms with Crippen LogP contribution in [-0.4, -0.2) is 17.2 Å². The fourth-order valence-electron chi connectivity index (χ4n) is 1.75. The molecule has 0 spiro atoms. The molecule has 1 unspecified atom stereocenters. The molecule has 1 aromatic carbocycles. The van der Waals surface area contributed by atoms with Crippen molar-refractivity contribution in [2.75, 3.05) is 7.05 Å². The molecule has 1 atom stereocenters. The first-order valence-electron chi connectivity index (χ1n) is 6.82. The third-order valence-electron chi connectivity index (χ3n) is 3.14. The summed E-state index contributed by atoms with van der Waals surface area (Å²) >= 11 is 1.73. The van der Waals surface area contributed by atoms with Crippen LogP contribution in [0.3, 0.4) is 0 Å². The zero-order valence-electron chi connectivity index (χ0n) is 12.4. The highest BCUT2D eigenvalue weighted by Crippen LogP contribution is 2.25. The molecular weight excluding hydrogens is 270 g/mol. The second-order valence-electron chi connectivity index (χ2n) is 5.08. The molecule has 0 radical (unpaired) electrons.